The summed E-state index contributed by atoms with van der Waals surface area (Å²) in [5, 5.41) is 11.2. The zero-order valence-electron chi connectivity index (χ0n) is 11.0. The van der Waals surface area contributed by atoms with Gasteiger partial charge in [-0.1, -0.05) is 15.9 Å². The normalized spacial score (nSPS) is 10.2. The van der Waals surface area contributed by atoms with Gasteiger partial charge in [-0.05, 0) is 24.3 Å². The molecule has 0 saturated heterocycles. The van der Waals surface area contributed by atoms with Crippen LogP contribution < -0.4 is 9.47 Å². The summed E-state index contributed by atoms with van der Waals surface area (Å²) in [5.74, 6) is 0.624. The van der Waals surface area contributed by atoms with Gasteiger partial charge in [0.05, 0.1) is 18.1 Å². The van der Waals surface area contributed by atoms with E-state index in [1.54, 1.807) is 0 Å². The van der Waals surface area contributed by atoms with Crippen molar-refractivity contribution in [3.63, 3.8) is 0 Å². The van der Waals surface area contributed by atoms with E-state index in [9.17, 15) is 14.5 Å². The van der Waals surface area contributed by atoms with Crippen molar-refractivity contribution >= 4 is 21.6 Å². The summed E-state index contributed by atoms with van der Waals surface area (Å²) in [6, 6.07) is 8.15. The minimum absolute atomic E-state index is 0.0981. The fraction of sp³-hybridized carbons (Fsp3) is 0.143. The minimum atomic E-state index is -0.520. The average Bonchev–Trinajstić information content (AvgIpc) is 2.49. The molecule has 0 heterocycles. The van der Waals surface area contributed by atoms with Crippen LogP contribution in [0, 0.1) is 15.9 Å². The summed E-state index contributed by atoms with van der Waals surface area (Å²) in [6.07, 6.45) is 0. The number of non-ortho nitro benzene ring substituents is 1. The second kappa shape index (κ2) is 6.53. The van der Waals surface area contributed by atoms with Gasteiger partial charge < -0.3 is 9.47 Å². The predicted octanol–water partition coefficient (Wildman–Crippen LogP) is 4.43. The van der Waals surface area contributed by atoms with E-state index in [0.29, 0.717) is 22.4 Å². The summed E-state index contributed by atoms with van der Waals surface area (Å²) in [4.78, 5) is 10.2. The number of alkyl halides is 1. The molecule has 7 heteroatoms. The Hall–Kier alpha value is -2.15. The lowest BCUT2D eigenvalue weighted by Gasteiger charge is -2.12. The van der Waals surface area contributed by atoms with Gasteiger partial charge in [0.2, 0.25) is 0 Å². The molecule has 0 atom stereocenters. The molecule has 0 N–H and O–H groups in total. The van der Waals surface area contributed by atoms with E-state index < -0.39 is 4.92 Å². The van der Waals surface area contributed by atoms with Crippen LogP contribution in [-0.2, 0) is 5.33 Å². The molecule has 0 radical (unpaired) electrons. The highest BCUT2D eigenvalue weighted by atomic mass is 79.9. The van der Waals surface area contributed by atoms with Crippen LogP contribution in [0.1, 0.15) is 5.56 Å². The van der Waals surface area contributed by atoms with Gasteiger partial charge >= 0.3 is 0 Å². The maximum atomic E-state index is 13.2. The fourth-order valence-electron chi connectivity index (χ4n) is 1.72. The first-order valence-corrected chi connectivity index (χ1v) is 7.02. The molecular formula is C14H11BrFNO4. The molecule has 2 rings (SSSR count). The summed E-state index contributed by atoms with van der Waals surface area (Å²) >= 11 is 3.25. The zero-order chi connectivity index (χ0) is 15.4. The smallest absolute Gasteiger partial charge is 0.273 e. The topological polar surface area (TPSA) is 61.6 Å². The predicted molar refractivity (Wildman–Crippen MR) is 78.8 cm³/mol. The molecule has 0 unspecified atom stereocenters. The third kappa shape index (κ3) is 3.49. The van der Waals surface area contributed by atoms with E-state index >= 15 is 0 Å². The van der Waals surface area contributed by atoms with Crippen molar-refractivity contribution in [3.05, 3.63) is 57.9 Å². The van der Waals surface area contributed by atoms with Crippen molar-refractivity contribution in [1.82, 2.24) is 0 Å². The lowest BCUT2D eigenvalue weighted by atomic mass is 10.2. The second-order valence-corrected chi connectivity index (χ2v) is 4.64. The van der Waals surface area contributed by atoms with Crippen molar-refractivity contribution in [2.75, 3.05) is 7.11 Å². The highest BCUT2D eigenvalue weighted by Crippen LogP contribution is 2.36. The van der Waals surface area contributed by atoms with E-state index in [1.807, 2.05) is 0 Å². The van der Waals surface area contributed by atoms with E-state index in [0.717, 1.165) is 0 Å². The van der Waals surface area contributed by atoms with Crippen molar-refractivity contribution in [3.8, 4) is 17.2 Å². The monoisotopic (exact) mass is 355 g/mol. The number of hydrogen-bond donors (Lipinski definition) is 0. The first-order chi connectivity index (χ1) is 10.0. The molecule has 5 nitrogen and oxygen atoms in total. The van der Waals surface area contributed by atoms with Crippen molar-refractivity contribution in [2.45, 2.75) is 5.33 Å². The largest absolute Gasteiger partial charge is 0.493 e. The molecule has 0 fully saturated rings. The summed E-state index contributed by atoms with van der Waals surface area (Å²) in [6.45, 7) is 0. The number of methoxy groups -OCH3 is 1. The Kier molecular flexibility index (Phi) is 4.74. The highest BCUT2D eigenvalue weighted by Gasteiger charge is 2.14. The number of nitro groups is 1. The number of hydrogen-bond acceptors (Lipinski definition) is 4. The molecule has 2 aromatic carbocycles. The molecule has 0 bridgehead atoms. The lowest BCUT2D eigenvalue weighted by Crippen LogP contribution is -1.95. The molecule has 0 aliphatic rings. The SMILES string of the molecule is COc1cc([N+](=O)[O-])ccc1Oc1ccc(F)cc1CBr. The van der Waals surface area contributed by atoms with E-state index in [-0.39, 0.29) is 17.3 Å². The van der Waals surface area contributed by atoms with Gasteiger partial charge in [-0.25, -0.2) is 4.39 Å². The second-order valence-electron chi connectivity index (χ2n) is 4.08. The quantitative estimate of drug-likeness (QED) is 0.452. The molecule has 0 aliphatic heterocycles. The number of rotatable bonds is 5. The van der Waals surface area contributed by atoms with Crippen LogP contribution in [0.4, 0.5) is 10.1 Å². The van der Waals surface area contributed by atoms with Crippen LogP contribution >= 0.6 is 15.9 Å². The lowest BCUT2D eigenvalue weighted by molar-refractivity contribution is -0.384. The van der Waals surface area contributed by atoms with Crippen LogP contribution in [0.15, 0.2) is 36.4 Å². The Labute approximate surface area is 128 Å². The van der Waals surface area contributed by atoms with Crippen LogP contribution in [0.25, 0.3) is 0 Å². The molecule has 21 heavy (non-hydrogen) atoms. The standard InChI is InChI=1S/C14H11BrFNO4/c1-20-14-7-11(17(18)19)3-5-13(14)21-12-4-2-10(16)6-9(12)8-15/h2-7H,8H2,1H3. The van der Waals surface area contributed by atoms with Crippen LogP contribution in [0.2, 0.25) is 0 Å². The van der Waals surface area contributed by atoms with Gasteiger partial charge in [0.25, 0.3) is 5.69 Å². The van der Waals surface area contributed by atoms with Crippen molar-refractivity contribution in [2.24, 2.45) is 0 Å². The highest BCUT2D eigenvalue weighted by molar-refractivity contribution is 9.08. The van der Waals surface area contributed by atoms with Gasteiger partial charge in [0.15, 0.2) is 11.5 Å². The first kappa shape index (κ1) is 15.2. The third-order valence-electron chi connectivity index (χ3n) is 2.74. The van der Waals surface area contributed by atoms with Crippen LogP contribution in [0.5, 0.6) is 17.2 Å². The molecule has 0 saturated carbocycles. The Balaban J connectivity index is 2.37. The maximum absolute atomic E-state index is 13.2. The van der Waals surface area contributed by atoms with Crippen molar-refractivity contribution in [1.29, 1.82) is 0 Å². The van der Waals surface area contributed by atoms with Crippen LogP contribution in [-0.4, -0.2) is 12.0 Å². The third-order valence-corrected chi connectivity index (χ3v) is 3.35. The van der Waals surface area contributed by atoms with Gasteiger partial charge in [0.1, 0.15) is 11.6 Å². The Morgan fingerprint density at radius 2 is 1.90 bits per heavy atom. The number of nitro benzene ring substituents is 1. The molecule has 0 amide bonds. The summed E-state index contributed by atoms with van der Waals surface area (Å²) in [5.41, 5.74) is 0.523. The number of benzene rings is 2. The molecular weight excluding hydrogens is 345 g/mol. The van der Waals surface area contributed by atoms with Gasteiger partial charge in [0, 0.05) is 17.0 Å². The molecule has 110 valence electrons. The average molecular weight is 356 g/mol. The molecule has 0 aromatic heterocycles. The number of halogens is 2. The van der Waals surface area contributed by atoms with Gasteiger partial charge in [-0.3, -0.25) is 10.1 Å². The van der Waals surface area contributed by atoms with Crippen molar-refractivity contribution < 1.29 is 18.8 Å². The van der Waals surface area contributed by atoms with E-state index in [2.05, 4.69) is 15.9 Å². The number of ether oxygens (including phenoxy) is 2. The summed E-state index contributed by atoms with van der Waals surface area (Å²) < 4.78 is 23.9. The Bertz CT molecular complexity index is 678. The maximum Gasteiger partial charge on any atom is 0.273 e. The zero-order valence-corrected chi connectivity index (χ0v) is 12.6. The van der Waals surface area contributed by atoms with Gasteiger partial charge in [-0.2, -0.15) is 0 Å². The summed E-state index contributed by atoms with van der Waals surface area (Å²) in [7, 11) is 1.39. The number of nitrogens with zero attached hydrogens (tertiary/aromatic N) is 1. The van der Waals surface area contributed by atoms with Gasteiger partial charge in [-0.15, -0.1) is 0 Å². The van der Waals surface area contributed by atoms with E-state index in [4.69, 9.17) is 9.47 Å². The fourth-order valence-corrected chi connectivity index (χ4v) is 2.16. The van der Waals surface area contributed by atoms with E-state index in [1.165, 1.54) is 43.5 Å². The molecule has 0 spiro atoms. The molecule has 2 aromatic rings. The first-order valence-electron chi connectivity index (χ1n) is 5.90. The molecule has 0 aliphatic carbocycles. The Morgan fingerprint density at radius 1 is 1.19 bits per heavy atom. The van der Waals surface area contributed by atoms with Crippen LogP contribution in [0.3, 0.4) is 0 Å². The minimum Gasteiger partial charge on any atom is -0.493 e. The Morgan fingerprint density at radius 3 is 2.52 bits per heavy atom.